The number of fused-ring (bicyclic) bond motifs is 1. The molecule has 0 aliphatic rings. The summed E-state index contributed by atoms with van der Waals surface area (Å²) in [5, 5.41) is 8.91. The van der Waals surface area contributed by atoms with Gasteiger partial charge in [-0.15, -0.1) is 0 Å². The van der Waals surface area contributed by atoms with E-state index < -0.39 is 5.97 Å². The van der Waals surface area contributed by atoms with Crippen LogP contribution in [0.15, 0.2) is 47.3 Å². The molecule has 0 saturated heterocycles. The van der Waals surface area contributed by atoms with Crippen molar-refractivity contribution < 1.29 is 14.3 Å². The van der Waals surface area contributed by atoms with Gasteiger partial charge < -0.3 is 9.51 Å². The number of aromatic carboxylic acids is 1. The summed E-state index contributed by atoms with van der Waals surface area (Å²) in [6.45, 7) is 0. The smallest absolute Gasteiger partial charge is 0.354 e. The fraction of sp³-hybridized carbons (Fsp3) is 0. The van der Waals surface area contributed by atoms with E-state index in [1.165, 1.54) is 18.5 Å². The first kappa shape index (κ1) is 12.8. The van der Waals surface area contributed by atoms with Crippen molar-refractivity contribution in [3.05, 3.63) is 58.8 Å². The van der Waals surface area contributed by atoms with E-state index >= 15 is 0 Å². The van der Waals surface area contributed by atoms with E-state index in [1.54, 1.807) is 28.8 Å². The lowest BCUT2D eigenvalue weighted by Gasteiger charge is -2.00. The molecule has 0 aliphatic heterocycles. The Balaban J connectivity index is 2.17. The van der Waals surface area contributed by atoms with Gasteiger partial charge >= 0.3 is 5.97 Å². The van der Waals surface area contributed by atoms with Crippen molar-refractivity contribution in [2.45, 2.75) is 0 Å². The van der Waals surface area contributed by atoms with Crippen LogP contribution in [-0.4, -0.2) is 20.5 Å². The van der Waals surface area contributed by atoms with Crippen molar-refractivity contribution in [3.63, 3.8) is 0 Å². The highest BCUT2D eigenvalue weighted by Gasteiger charge is 2.11. The molecule has 2 heterocycles. The van der Waals surface area contributed by atoms with E-state index in [9.17, 15) is 9.18 Å². The van der Waals surface area contributed by atoms with Crippen LogP contribution >= 0.6 is 15.9 Å². The molecule has 0 spiro atoms. The second-order valence-electron chi connectivity index (χ2n) is 4.26. The highest BCUT2D eigenvalue weighted by Crippen LogP contribution is 2.28. The molecule has 2 aromatic heterocycles. The molecule has 0 atom stereocenters. The van der Waals surface area contributed by atoms with Crippen molar-refractivity contribution in [2.75, 3.05) is 0 Å². The van der Waals surface area contributed by atoms with Crippen molar-refractivity contribution in [1.82, 2.24) is 9.38 Å². The minimum absolute atomic E-state index is 0.0446. The predicted molar refractivity (Wildman–Crippen MR) is 75.2 cm³/mol. The fourth-order valence-electron chi connectivity index (χ4n) is 2.00. The number of halogens is 2. The SMILES string of the molecule is O=C(O)c1cc2cc(-c3cc(Br)ccc3F)cn2cn1. The Labute approximate surface area is 121 Å². The minimum Gasteiger partial charge on any atom is -0.477 e. The summed E-state index contributed by atoms with van der Waals surface area (Å²) < 4.78 is 16.3. The third kappa shape index (κ3) is 2.18. The average Bonchev–Trinajstić information content (AvgIpc) is 2.83. The quantitative estimate of drug-likeness (QED) is 0.779. The second-order valence-corrected chi connectivity index (χ2v) is 5.18. The van der Waals surface area contributed by atoms with Crippen molar-refractivity contribution in [1.29, 1.82) is 0 Å². The fourth-order valence-corrected chi connectivity index (χ4v) is 2.36. The Hall–Kier alpha value is -2.21. The molecule has 6 heteroatoms. The number of hydrogen-bond donors (Lipinski definition) is 1. The Bertz CT molecular complexity index is 829. The molecule has 0 fully saturated rings. The van der Waals surface area contributed by atoms with Crippen LogP contribution < -0.4 is 0 Å². The second kappa shape index (κ2) is 4.72. The van der Waals surface area contributed by atoms with E-state index in [1.807, 2.05) is 0 Å². The largest absolute Gasteiger partial charge is 0.477 e. The molecule has 0 saturated carbocycles. The van der Waals surface area contributed by atoms with Crippen molar-refractivity contribution >= 4 is 27.4 Å². The highest BCUT2D eigenvalue weighted by atomic mass is 79.9. The monoisotopic (exact) mass is 334 g/mol. The normalized spacial score (nSPS) is 10.9. The van der Waals surface area contributed by atoms with Gasteiger partial charge in [-0.25, -0.2) is 14.2 Å². The number of carboxylic acids is 1. The van der Waals surface area contributed by atoms with Crippen LogP contribution in [0.1, 0.15) is 10.5 Å². The Morgan fingerprint density at radius 1 is 1.30 bits per heavy atom. The van der Waals surface area contributed by atoms with Gasteiger partial charge in [-0.2, -0.15) is 0 Å². The van der Waals surface area contributed by atoms with Gasteiger partial charge in [0.2, 0.25) is 0 Å². The summed E-state index contributed by atoms with van der Waals surface area (Å²) in [4.78, 5) is 14.7. The maximum Gasteiger partial charge on any atom is 0.354 e. The van der Waals surface area contributed by atoms with E-state index in [4.69, 9.17) is 5.11 Å². The van der Waals surface area contributed by atoms with Gasteiger partial charge in [0.25, 0.3) is 0 Å². The van der Waals surface area contributed by atoms with Gasteiger partial charge in [-0.1, -0.05) is 15.9 Å². The lowest BCUT2D eigenvalue weighted by atomic mass is 10.1. The number of rotatable bonds is 2. The maximum atomic E-state index is 13.9. The number of nitrogens with zero attached hydrogens (tertiary/aromatic N) is 2. The molecule has 4 nitrogen and oxygen atoms in total. The average molecular weight is 335 g/mol. The summed E-state index contributed by atoms with van der Waals surface area (Å²) in [5.74, 6) is -1.43. The molecule has 0 bridgehead atoms. The van der Waals surface area contributed by atoms with E-state index in [2.05, 4.69) is 20.9 Å². The topological polar surface area (TPSA) is 54.6 Å². The van der Waals surface area contributed by atoms with E-state index in [0.29, 0.717) is 16.6 Å². The summed E-state index contributed by atoms with van der Waals surface area (Å²) in [6, 6.07) is 7.84. The molecular weight excluding hydrogens is 327 g/mol. The van der Waals surface area contributed by atoms with Crippen LogP contribution in [0.4, 0.5) is 4.39 Å². The lowest BCUT2D eigenvalue weighted by molar-refractivity contribution is 0.0690. The number of benzene rings is 1. The zero-order chi connectivity index (χ0) is 14.3. The molecule has 0 aliphatic carbocycles. The molecule has 3 rings (SSSR count). The maximum absolute atomic E-state index is 13.9. The van der Waals surface area contributed by atoms with Crippen LogP contribution in [0.2, 0.25) is 0 Å². The number of aromatic nitrogens is 2. The molecule has 0 unspecified atom stereocenters. The number of carbonyl (C=O) groups is 1. The summed E-state index contributed by atoms with van der Waals surface area (Å²) in [7, 11) is 0. The molecule has 0 amide bonds. The zero-order valence-electron chi connectivity index (χ0n) is 10.0. The highest BCUT2D eigenvalue weighted by molar-refractivity contribution is 9.10. The summed E-state index contributed by atoms with van der Waals surface area (Å²) in [6.07, 6.45) is 3.11. The number of carboxylic acid groups (broad SMARTS) is 1. The standard InChI is InChI=1S/C14H8BrFN2O2/c15-9-1-2-12(16)11(4-9)8-3-10-5-13(14(19)20)17-7-18(10)6-8/h1-7H,(H,19,20). The molecule has 100 valence electrons. The Morgan fingerprint density at radius 3 is 2.85 bits per heavy atom. The van der Waals surface area contributed by atoms with Crippen LogP contribution in [0.3, 0.4) is 0 Å². The Morgan fingerprint density at radius 2 is 2.10 bits per heavy atom. The predicted octanol–water partition coefficient (Wildman–Crippen LogP) is 3.60. The van der Waals surface area contributed by atoms with Crippen LogP contribution in [0.25, 0.3) is 16.6 Å². The first-order chi connectivity index (χ1) is 9.54. The lowest BCUT2D eigenvalue weighted by Crippen LogP contribution is -2.00. The van der Waals surface area contributed by atoms with Gasteiger partial charge in [-0.3, -0.25) is 0 Å². The number of hydrogen-bond acceptors (Lipinski definition) is 2. The van der Waals surface area contributed by atoms with Crippen molar-refractivity contribution in [3.8, 4) is 11.1 Å². The first-order valence-electron chi connectivity index (χ1n) is 5.71. The van der Waals surface area contributed by atoms with Gasteiger partial charge in [0.1, 0.15) is 12.1 Å². The Kier molecular flexibility index (Phi) is 3.02. The first-order valence-corrected chi connectivity index (χ1v) is 6.50. The van der Waals surface area contributed by atoms with Gasteiger partial charge in [0.05, 0.1) is 0 Å². The molecule has 1 N–H and O–H groups in total. The third-order valence-corrected chi connectivity index (χ3v) is 3.44. The minimum atomic E-state index is -1.09. The molecule has 1 aromatic carbocycles. The third-order valence-electron chi connectivity index (χ3n) is 2.94. The van der Waals surface area contributed by atoms with Crippen LogP contribution in [0.5, 0.6) is 0 Å². The summed E-state index contributed by atoms with van der Waals surface area (Å²) >= 11 is 3.30. The van der Waals surface area contributed by atoms with E-state index in [-0.39, 0.29) is 11.5 Å². The van der Waals surface area contributed by atoms with Crippen LogP contribution in [0, 0.1) is 5.82 Å². The zero-order valence-corrected chi connectivity index (χ0v) is 11.6. The van der Waals surface area contributed by atoms with Gasteiger partial charge in [0.15, 0.2) is 5.69 Å². The molecule has 0 radical (unpaired) electrons. The molecular formula is C14H8BrFN2O2. The van der Waals surface area contributed by atoms with Gasteiger partial charge in [-0.05, 0) is 30.3 Å². The molecule has 3 aromatic rings. The summed E-state index contributed by atoms with van der Waals surface area (Å²) in [5.41, 5.74) is 1.71. The van der Waals surface area contributed by atoms with Crippen molar-refractivity contribution in [2.24, 2.45) is 0 Å². The van der Waals surface area contributed by atoms with E-state index in [0.717, 1.165) is 4.47 Å². The van der Waals surface area contributed by atoms with Crippen LogP contribution in [-0.2, 0) is 0 Å². The molecule has 20 heavy (non-hydrogen) atoms. The van der Waals surface area contributed by atoms with Gasteiger partial charge in [0, 0.05) is 27.3 Å².